The number of carbonyl (C=O) groups is 1. The molecule has 1 N–H and O–H groups in total. The van der Waals surface area contributed by atoms with E-state index in [0.29, 0.717) is 49.7 Å². The van der Waals surface area contributed by atoms with Crippen LogP contribution in [0.1, 0.15) is 29.9 Å². The first-order valence-electron chi connectivity index (χ1n) is 11.2. The molecule has 1 saturated heterocycles. The maximum absolute atomic E-state index is 13.3. The SMILES string of the molecule is Cc1ccc(CNC(=O)C2CCN(c3nc4ccsc4c(=O)n3Cc3ccccc3)CC2)o1. The number of amides is 1. The molecular weight excluding hydrogens is 436 g/mol. The van der Waals surface area contributed by atoms with E-state index in [9.17, 15) is 9.59 Å². The third-order valence-corrected chi connectivity index (χ3v) is 7.00. The highest BCUT2D eigenvalue weighted by Crippen LogP contribution is 2.25. The number of furan rings is 1. The highest BCUT2D eigenvalue weighted by molar-refractivity contribution is 7.17. The highest BCUT2D eigenvalue weighted by Gasteiger charge is 2.28. The number of nitrogens with zero attached hydrogens (tertiary/aromatic N) is 3. The molecule has 0 atom stereocenters. The lowest BCUT2D eigenvalue weighted by Gasteiger charge is -2.33. The Hall–Kier alpha value is -3.39. The normalized spacial score (nSPS) is 14.6. The molecule has 3 aromatic heterocycles. The predicted molar refractivity (Wildman–Crippen MR) is 130 cm³/mol. The van der Waals surface area contributed by atoms with Gasteiger partial charge in [0.1, 0.15) is 16.2 Å². The largest absolute Gasteiger partial charge is 0.465 e. The average molecular weight is 463 g/mol. The molecule has 7 nitrogen and oxygen atoms in total. The van der Waals surface area contributed by atoms with Gasteiger partial charge in [-0.05, 0) is 48.9 Å². The zero-order valence-corrected chi connectivity index (χ0v) is 19.3. The molecule has 4 heterocycles. The van der Waals surface area contributed by atoms with Crippen LogP contribution < -0.4 is 15.8 Å². The smallest absolute Gasteiger partial charge is 0.273 e. The van der Waals surface area contributed by atoms with Crippen LogP contribution in [0.3, 0.4) is 0 Å². The number of thiophene rings is 1. The van der Waals surface area contributed by atoms with Gasteiger partial charge in [0.05, 0.1) is 18.6 Å². The molecule has 1 aliphatic rings. The average Bonchev–Trinajstić information content (AvgIpc) is 3.49. The second-order valence-corrected chi connectivity index (χ2v) is 9.33. The first-order valence-corrected chi connectivity index (χ1v) is 12.1. The van der Waals surface area contributed by atoms with E-state index >= 15 is 0 Å². The lowest BCUT2D eigenvalue weighted by molar-refractivity contribution is -0.125. The molecule has 0 saturated carbocycles. The van der Waals surface area contributed by atoms with Gasteiger partial charge < -0.3 is 14.6 Å². The van der Waals surface area contributed by atoms with E-state index in [0.717, 1.165) is 22.6 Å². The lowest BCUT2D eigenvalue weighted by atomic mass is 9.96. The Kier molecular flexibility index (Phi) is 6.00. The molecule has 8 heteroatoms. The van der Waals surface area contributed by atoms with Gasteiger partial charge in [-0.25, -0.2) is 4.98 Å². The summed E-state index contributed by atoms with van der Waals surface area (Å²) in [6.07, 6.45) is 1.43. The molecule has 5 rings (SSSR count). The maximum Gasteiger partial charge on any atom is 0.273 e. The van der Waals surface area contributed by atoms with Crippen molar-refractivity contribution in [3.63, 3.8) is 0 Å². The molecule has 0 spiro atoms. The van der Waals surface area contributed by atoms with Gasteiger partial charge >= 0.3 is 0 Å². The van der Waals surface area contributed by atoms with Crippen molar-refractivity contribution in [2.24, 2.45) is 5.92 Å². The number of benzene rings is 1. The third-order valence-electron chi connectivity index (χ3n) is 6.11. The summed E-state index contributed by atoms with van der Waals surface area (Å²) in [7, 11) is 0. The fourth-order valence-electron chi connectivity index (χ4n) is 4.32. The summed E-state index contributed by atoms with van der Waals surface area (Å²) >= 11 is 1.43. The standard InChI is InChI=1S/C25H26N4O3S/c1-17-7-8-20(32-17)15-26-23(30)19-9-12-28(13-10-19)25-27-21-11-14-33-22(21)24(31)29(25)16-18-5-3-2-4-6-18/h2-8,11,14,19H,9-10,12-13,15-16H2,1H3,(H,26,30). The van der Waals surface area contributed by atoms with Gasteiger partial charge in [0.2, 0.25) is 11.9 Å². The van der Waals surface area contributed by atoms with Crippen molar-refractivity contribution in [2.75, 3.05) is 18.0 Å². The van der Waals surface area contributed by atoms with Crippen molar-refractivity contribution in [3.05, 3.63) is 81.3 Å². The van der Waals surface area contributed by atoms with Crippen LogP contribution in [0.2, 0.25) is 0 Å². The molecule has 1 amide bonds. The molecule has 170 valence electrons. The number of piperidine rings is 1. The van der Waals surface area contributed by atoms with E-state index in [-0.39, 0.29) is 17.4 Å². The minimum absolute atomic E-state index is 0.0116. The van der Waals surface area contributed by atoms with E-state index in [1.165, 1.54) is 11.3 Å². The minimum atomic E-state index is -0.0588. The predicted octanol–water partition coefficient (Wildman–Crippen LogP) is 3.94. The number of hydrogen-bond acceptors (Lipinski definition) is 6. The van der Waals surface area contributed by atoms with Crippen LogP contribution in [0.5, 0.6) is 0 Å². The number of carbonyl (C=O) groups excluding carboxylic acids is 1. The van der Waals surface area contributed by atoms with Crippen LogP contribution >= 0.6 is 11.3 Å². The summed E-state index contributed by atoms with van der Waals surface area (Å²) in [6, 6.07) is 15.6. The first-order chi connectivity index (χ1) is 16.1. The number of anilines is 1. The second-order valence-electron chi connectivity index (χ2n) is 8.42. The van der Waals surface area contributed by atoms with Crippen LogP contribution in [0, 0.1) is 12.8 Å². The number of hydrogen-bond donors (Lipinski definition) is 1. The monoisotopic (exact) mass is 462 g/mol. The molecule has 0 radical (unpaired) electrons. The van der Waals surface area contributed by atoms with E-state index in [1.54, 1.807) is 4.57 Å². The van der Waals surface area contributed by atoms with Crippen LogP contribution in [0.25, 0.3) is 10.2 Å². The number of fused-ring (bicyclic) bond motifs is 1. The second kappa shape index (κ2) is 9.23. The molecular formula is C25H26N4O3S. The number of aryl methyl sites for hydroxylation is 1. The topological polar surface area (TPSA) is 80.4 Å². The van der Waals surface area contributed by atoms with Gasteiger partial charge in [-0.3, -0.25) is 14.2 Å². The molecule has 4 aromatic rings. The van der Waals surface area contributed by atoms with Gasteiger partial charge in [0, 0.05) is 19.0 Å². The van der Waals surface area contributed by atoms with Gasteiger partial charge in [-0.15, -0.1) is 11.3 Å². The molecule has 0 aliphatic carbocycles. The van der Waals surface area contributed by atoms with Crippen LogP contribution in [0.4, 0.5) is 5.95 Å². The summed E-state index contributed by atoms with van der Waals surface area (Å²) in [6.45, 7) is 4.11. The Balaban J connectivity index is 1.32. The molecule has 0 unspecified atom stereocenters. The van der Waals surface area contributed by atoms with Crippen molar-refractivity contribution in [1.82, 2.24) is 14.9 Å². The van der Waals surface area contributed by atoms with Crippen molar-refractivity contribution in [2.45, 2.75) is 32.9 Å². The summed E-state index contributed by atoms with van der Waals surface area (Å²) < 4.78 is 7.98. The molecule has 0 bridgehead atoms. The molecule has 1 aromatic carbocycles. The lowest BCUT2D eigenvalue weighted by Crippen LogP contribution is -2.42. The van der Waals surface area contributed by atoms with Gasteiger partial charge in [-0.1, -0.05) is 30.3 Å². The van der Waals surface area contributed by atoms with Crippen molar-refractivity contribution >= 4 is 33.4 Å². The zero-order valence-electron chi connectivity index (χ0n) is 18.5. The number of aromatic nitrogens is 2. The Morgan fingerprint density at radius 3 is 2.67 bits per heavy atom. The Morgan fingerprint density at radius 2 is 1.94 bits per heavy atom. The molecule has 33 heavy (non-hydrogen) atoms. The highest BCUT2D eigenvalue weighted by atomic mass is 32.1. The van der Waals surface area contributed by atoms with E-state index in [4.69, 9.17) is 9.40 Å². The van der Waals surface area contributed by atoms with E-state index in [1.807, 2.05) is 60.8 Å². The van der Waals surface area contributed by atoms with Crippen LogP contribution in [-0.2, 0) is 17.9 Å². The Labute approximate surface area is 195 Å². The third kappa shape index (κ3) is 4.57. The van der Waals surface area contributed by atoms with E-state index < -0.39 is 0 Å². The molecule has 1 fully saturated rings. The Bertz CT molecular complexity index is 1320. The minimum Gasteiger partial charge on any atom is -0.465 e. The maximum atomic E-state index is 13.3. The van der Waals surface area contributed by atoms with Crippen molar-refractivity contribution < 1.29 is 9.21 Å². The zero-order chi connectivity index (χ0) is 22.8. The number of rotatable bonds is 6. The van der Waals surface area contributed by atoms with Crippen LogP contribution in [0.15, 0.2) is 63.1 Å². The summed E-state index contributed by atoms with van der Waals surface area (Å²) in [4.78, 5) is 33.0. The fourth-order valence-corrected chi connectivity index (χ4v) is 5.10. The van der Waals surface area contributed by atoms with Gasteiger partial charge in [0.25, 0.3) is 5.56 Å². The van der Waals surface area contributed by atoms with Crippen LogP contribution in [-0.4, -0.2) is 28.5 Å². The Morgan fingerprint density at radius 1 is 1.15 bits per heavy atom. The summed E-state index contributed by atoms with van der Waals surface area (Å²) in [5.74, 6) is 2.27. The van der Waals surface area contributed by atoms with E-state index in [2.05, 4.69) is 10.2 Å². The molecule has 1 aliphatic heterocycles. The quantitative estimate of drug-likeness (QED) is 0.469. The van der Waals surface area contributed by atoms with Crippen molar-refractivity contribution in [3.8, 4) is 0 Å². The summed E-state index contributed by atoms with van der Waals surface area (Å²) in [5, 5.41) is 4.90. The summed E-state index contributed by atoms with van der Waals surface area (Å²) in [5.41, 5.74) is 1.78. The number of nitrogens with one attached hydrogen (secondary N) is 1. The first kappa shape index (κ1) is 21.5. The van der Waals surface area contributed by atoms with Gasteiger partial charge in [-0.2, -0.15) is 0 Å². The fraction of sp³-hybridized carbons (Fsp3) is 0.320. The van der Waals surface area contributed by atoms with Crippen molar-refractivity contribution in [1.29, 1.82) is 0 Å². The van der Waals surface area contributed by atoms with Gasteiger partial charge in [0.15, 0.2) is 0 Å².